The van der Waals surface area contributed by atoms with Gasteiger partial charge in [0.2, 0.25) is 5.91 Å². The van der Waals surface area contributed by atoms with Crippen LogP contribution in [0.2, 0.25) is 10.0 Å². The number of ketones is 1. The summed E-state index contributed by atoms with van der Waals surface area (Å²) in [6, 6.07) is 8.15. The molecule has 0 aromatic heterocycles. The Morgan fingerprint density at radius 1 is 1.03 bits per heavy atom. The minimum atomic E-state index is -4.87. The Hall–Kier alpha value is -2.43. The number of carbonyl (C=O) groups is 2. The number of rotatable bonds is 6. The van der Waals surface area contributed by atoms with Crippen molar-refractivity contribution < 1.29 is 35.6 Å². The zero-order valence-corrected chi connectivity index (χ0v) is 19.8. The number of likely N-dealkylation sites (tertiary alicyclic amines) is 1. The van der Waals surface area contributed by atoms with Crippen LogP contribution in [0.15, 0.2) is 48.5 Å². The monoisotopic (exact) mass is 537 g/mol. The normalized spacial score (nSPS) is 16.2. The van der Waals surface area contributed by atoms with E-state index in [9.17, 15) is 31.2 Å². The Bertz CT molecular complexity index is 1250. The lowest BCUT2D eigenvalue weighted by Gasteiger charge is -2.44. The highest BCUT2D eigenvalue weighted by Crippen LogP contribution is 2.38. The van der Waals surface area contributed by atoms with Gasteiger partial charge in [-0.25, -0.2) is 12.8 Å². The van der Waals surface area contributed by atoms with Gasteiger partial charge in [-0.15, -0.1) is 0 Å². The predicted octanol–water partition coefficient (Wildman–Crippen LogP) is 4.87. The molecule has 0 radical (unpaired) electrons. The molecule has 0 atom stereocenters. The van der Waals surface area contributed by atoms with Crippen molar-refractivity contribution >= 4 is 50.3 Å². The SMILES string of the molecule is CS(=O)(=O)CC(=O)N1CC(F)(c2ccc(C(=O)/C=C(\c3cc(Cl)cc(Cl)c3)C(F)(F)F)cc2)C1. The van der Waals surface area contributed by atoms with Crippen LogP contribution in [-0.2, 0) is 20.3 Å². The lowest BCUT2D eigenvalue weighted by Crippen LogP contribution is -2.59. The highest BCUT2D eigenvalue weighted by Gasteiger charge is 2.47. The summed E-state index contributed by atoms with van der Waals surface area (Å²) in [5.74, 6) is -2.43. The molecule has 2 aromatic carbocycles. The maximum absolute atomic E-state index is 15.1. The zero-order chi connectivity index (χ0) is 25.5. The van der Waals surface area contributed by atoms with Gasteiger partial charge in [-0.2, -0.15) is 13.2 Å². The number of hydrogen-bond acceptors (Lipinski definition) is 4. The summed E-state index contributed by atoms with van der Waals surface area (Å²) in [4.78, 5) is 25.4. The van der Waals surface area contributed by atoms with Gasteiger partial charge in [0.1, 0.15) is 5.75 Å². The molecule has 5 nitrogen and oxygen atoms in total. The highest BCUT2D eigenvalue weighted by molar-refractivity contribution is 7.91. The fourth-order valence-corrected chi connectivity index (χ4v) is 4.58. The van der Waals surface area contributed by atoms with E-state index in [0.717, 1.165) is 23.3 Å². The standard InChI is InChI=1S/C22H17Cl2F4NO4S/c1-34(32,33)10-20(31)29-11-21(25,12-29)15-4-2-13(3-5-15)19(30)9-18(22(26,27)28)14-6-16(23)8-17(24)7-14/h2-9H,10-12H2,1H3/b18-9+. The minimum absolute atomic E-state index is 0.0349. The van der Waals surface area contributed by atoms with Crippen LogP contribution in [0.1, 0.15) is 21.5 Å². The third kappa shape index (κ3) is 6.17. The Morgan fingerprint density at radius 2 is 1.56 bits per heavy atom. The molecule has 182 valence electrons. The van der Waals surface area contributed by atoms with Gasteiger partial charge in [0.05, 0.1) is 18.7 Å². The van der Waals surface area contributed by atoms with Crippen LogP contribution in [-0.4, -0.2) is 56.3 Å². The van der Waals surface area contributed by atoms with E-state index >= 15 is 4.39 Å². The highest BCUT2D eigenvalue weighted by atomic mass is 35.5. The second-order valence-corrected chi connectivity index (χ2v) is 11.0. The number of benzene rings is 2. The molecule has 3 rings (SSSR count). The quantitative estimate of drug-likeness (QED) is 0.299. The first-order valence-corrected chi connectivity index (χ1v) is 12.4. The van der Waals surface area contributed by atoms with Gasteiger partial charge >= 0.3 is 6.18 Å². The van der Waals surface area contributed by atoms with E-state index in [1.54, 1.807) is 0 Å². The second kappa shape index (κ2) is 9.31. The number of nitrogens with zero attached hydrogens (tertiary/aromatic N) is 1. The molecule has 0 aliphatic carbocycles. The summed E-state index contributed by atoms with van der Waals surface area (Å²) >= 11 is 11.6. The van der Waals surface area contributed by atoms with Gasteiger partial charge in [-0.05, 0) is 35.4 Å². The summed E-state index contributed by atoms with van der Waals surface area (Å²) in [5, 5.41) is -0.0699. The number of alkyl halides is 4. The van der Waals surface area contributed by atoms with Gasteiger partial charge in [0, 0.05) is 21.9 Å². The van der Waals surface area contributed by atoms with Crippen molar-refractivity contribution in [2.24, 2.45) is 0 Å². The minimum Gasteiger partial charge on any atom is -0.335 e. The van der Waals surface area contributed by atoms with Crippen molar-refractivity contribution in [3.8, 4) is 0 Å². The molecule has 1 saturated heterocycles. The number of allylic oxidation sites excluding steroid dienone is 2. The van der Waals surface area contributed by atoms with E-state index in [0.29, 0.717) is 6.08 Å². The van der Waals surface area contributed by atoms with Crippen molar-refractivity contribution in [2.45, 2.75) is 11.8 Å². The lowest BCUT2D eigenvalue weighted by molar-refractivity contribution is -0.143. The largest absolute Gasteiger partial charge is 0.417 e. The van der Waals surface area contributed by atoms with Crippen LogP contribution in [0.3, 0.4) is 0 Å². The summed E-state index contributed by atoms with van der Waals surface area (Å²) in [7, 11) is -3.56. The fourth-order valence-electron chi connectivity index (χ4n) is 3.42. The van der Waals surface area contributed by atoms with Gasteiger partial charge < -0.3 is 4.90 Å². The van der Waals surface area contributed by atoms with Crippen molar-refractivity contribution in [3.63, 3.8) is 0 Å². The molecule has 0 saturated carbocycles. The molecule has 0 spiro atoms. The number of carbonyl (C=O) groups excluding carboxylic acids is 2. The molecular weight excluding hydrogens is 521 g/mol. The second-order valence-electron chi connectivity index (χ2n) is 7.94. The van der Waals surface area contributed by atoms with E-state index in [4.69, 9.17) is 23.2 Å². The van der Waals surface area contributed by atoms with Crippen LogP contribution in [0, 0.1) is 0 Å². The van der Waals surface area contributed by atoms with E-state index in [1.807, 2.05) is 0 Å². The molecule has 1 amide bonds. The first kappa shape index (κ1) is 26.2. The van der Waals surface area contributed by atoms with Crippen LogP contribution < -0.4 is 0 Å². The van der Waals surface area contributed by atoms with Gasteiger partial charge in [0.15, 0.2) is 21.3 Å². The van der Waals surface area contributed by atoms with Crippen molar-refractivity contribution in [3.05, 3.63) is 75.3 Å². The molecule has 12 heteroatoms. The van der Waals surface area contributed by atoms with Gasteiger partial charge in [-0.3, -0.25) is 9.59 Å². The molecule has 1 aliphatic rings. The molecule has 2 aromatic rings. The Labute approximate surface area is 202 Å². The number of amides is 1. The molecule has 0 unspecified atom stereocenters. The van der Waals surface area contributed by atoms with E-state index in [-0.39, 0.29) is 39.8 Å². The maximum Gasteiger partial charge on any atom is 0.417 e. The molecule has 0 N–H and O–H groups in total. The zero-order valence-electron chi connectivity index (χ0n) is 17.5. The summed E-state index contributed by atoms with van der Waals surface area (Å²) in [5.41, 5.74) is -3.60. The fraction of sp³-hybridized carbons (Fsp3) is 0.273. The third-order valence-corrected chi connectivity index (χ3v) is 6.27. The summed E-state index contributed by atoms with van der Waals surface area (Å²) in [6.45, 7) is -0.745. The van der Waals surface area contributed by atoms with E-state index < -0.39 is 44.7 Å². The van der Waals surface area contributed by atoms with E-state index in [1.165, 1.54) is 30.3 Å². The molecule has 0 bridgehead atoms. The predicted molar refractivity (Wildman–Crippen MR) is 120 cm³/mol. The number of sulfone groups is 1. The molecule has 1 heterocycles. The molecule has 34 heavy (non-hydrogen) atoms. The molecule has 1 fully saturated rings. The molecule has 1 aliphatic heterocycles. The summed E-state index contributed by atoms with van der Waals surface area (Å²) in [6.07, 6.45) is -3.57. The maximum atomic E-state index is 15.1. The van der Waals surface area contributed by atoms with Gasteiger partial charge in [0.25, 0.3) is 0 Å². The first-order valence-electron chi connectivity index (χ1n) is 9.62. The lowest BCUT2D eigenvalue weighted by atomic mass is 9.87. The average molecular weight is 538 g/mol. The summed E-state index contributed by atoms with van der Waals surface area (Å²) < 4.78 is 78.3. The van der Waals surface area contributed by atoms with Crippen molar-refractivity contribution in [1.29, 1.82) is 0 Å². The first-order chi connectivity index (χ1) is 15.6. The van der Waals surface area contributed by atoms with Crippen molar-refractivity contribution in [2.75, 3.05) is 25.1 Å². The van der Waals surface area contributed by atoms with Crippen LogP contribution >= 0.6 is 23.2 Å². The topological polar surface area (TPSA) is 71.5 Å². The Balaban J connectivity index is 1.79. The smallest absolute Gasteiger partial charge is 0.335 e. The van der Waals surface area contributed by atoms with Gasteiger partial charge in [-0.1, -0.05) is 47.5 Å². The number of hydrogen-bond donors (Lipinski definition) is 0. The van der Waals surface area contributed by atoms with E-state index in [2.05, 4.69) is 0 Å². The van der Waals surface area contributed by atoms with Crippen LogP contribution in [0.5, 0.6) is 0 Å². The molecular formula is C22H17Cl2F4NO4S. The Kier molecular flexibility index (Phi) is 7.17. The Morgan fingerprint density at radius 3 is 2.03 bits per heavy atom. The third-order valence-electron chi connectivity index (χ3n) is 5.06. The van der Waals surface area contributed by atoms with Crippen LogP contribution in [0.25, 0.3) is 5.57 Å². The van der Waals surface area contributed by atoms with Crippen molar-refractivity contribution in [1.82, 2.24) is 4.90 Å². The average Bonchev–Trinajstić information content (AvgIpc) is 2.66. The van der Waals surface area contributed by atoms with Crippen LogP contribution in [0.4, 0.5) is 17.6 Å². The number of halogens is 6.